The Balaban J connectivity index is 1.90. The summed E-state index contributed by atoms with van der Waals surface area (Å²) in [7, 11) is 0. The maximum Gasteiger partial charge on any atom is 0.0469 e. The lowest BCUT2D eigenvalue weighted by atomic mass is 10.2. The van der Waals surface area contributed by atoms with E-state index in [2.05, 4.69) is 62.3 Å². The molecule has 1 N–H and O–H groups in total. The third-order valence-electron chi connectivity index (χ3n) is 2.99. The highest BCUT2D eigenvalue weighted by atomic mass is 79.9. The summed E-state index contributed by atoms with van der Waals surface area (Å²) in [6.45, 7) is 1.99. The molecule has 3 heteroatoms. The van der Waals surface area contributed by atoms with Gasteiger partial charge in [0, 0.05) is 33.0 Å². The van der Waals surface area contributed by atoms with Gasteiger partial charge in [-0.3, -0.25) is 4.98 Å². The third kappa shape index (κ3) is 2.76. The number of pyridine rings is 1. The van der Waals surface area contributed by atoms with Gasteiger partial charge in [0.1, 0.15) is 0 Å². The molecule has 0 unspecified atom stereocenters. The smallest absolute Gasteiger partial charge is 0.0469 e. The highest BCUT2D eigenvalue weighted by molar-refractivity contribution is 9.10. The maximum absolute atomic E-state index is 4.28. The average Bonchev–Trinajstić information content (AvgIpc) is 2.80. The van der Waals surface area contributed by atoms with Crippen molar-refractivity contribution in [1.82, 2.24) is 9.97 Å². The quantitative estimate of drug-likeness (QED) is 0.723. The standard InChI is InChI=1S/C16H13BrN2/c1-11-2-3-12(10-18-11)4-7-15-8-13-5-6-14(17)9-16(13)19-15/h2-10,19H,1H3/b7-4+. The number of nitrogens with zero attached hydrogens (tertiary/aromatic N) is 1. The van der Waals surface area contributed by atoms with Crippen LogP contribution in [0.4, 0.5) is 0 Å². The number of aryl methyl sites for hydroxylation is 1. The van der Waals surface area contributed by atoms with Crippen LogP contribution in [-0.2, 0) is 0 Å². The second-order valence-electron chi connectivity index (χ2n) is 4.52. The van der Waals surface area contributed by atoms with Gasteiger partial charge in [-0.2, -0.15) is 0 Å². The normalized spacial score (nSPS) is 11.5. The highest BCUT2D eigenvalue weighted by Crippen LogP contribution is 2.21. The van der Waals surface area contributed by atoms with Crippen molar-refractivity contribution in [3.05, 3.63) is 64.0 Å². The second-order valence-corrected chi connectivity index (χ2v) is 5.44. The van der Waals surface area contributed by atoms with Gasteiger partial charge in [0.2, 0.25) is 0 Å². The lowest BCUT2D eigenvalue weighted by molar-refractivity contribution is 1.19. The van der Waals surface area contributed by atoms with Crippen LogP contribution in [0.2, 0.25) is 0 Å². The van der Waals surface area contributed by atoms with Gasteiger partial charge in [-0.25, -0.2) is 0 Å². The zero-order valence-corrected chi connectivity index (χ0v) is 12.1. The fraction of sp³-hybridized carbons (Fsp3) is 0.0625. The first-order valence-electron chi connectivity index (χ1n) is 6.10. The van der Waals surface area contributed by atoms with E-state index < -0.39 is 0 Å². The van der Waals surface area contributed by atoms with Crippen LogP contribution in [0.25, 0.3) is 23.1 Å². The van der Waals surface area contributed by atoms with Crippen LogP contribution in [0.15, 0.2) is 47.1 Å². The average molecular weight is 313 g/mol. The first-order chi connectivity index (χ1) is 9.20. The van der Waals surface area contributed by atoms with Crippen LogP contribution >= 0.6 is 15.9 Å². The number of H-pyrrole nitrogens is 1. The van der Waals surface area contributed by atoms with E-state index in [-0.39, 0.29) is 0 Å². The van der Waals surface area contributed by atoms with E-state index >= 15 is 0 Å². The van der Waals surface area contributed by atoms with E-state index in [9.17, 15) is 0 Å². The van der Waals surface area contributed by atoms with Gasteiger partial charge >= 0.3 is 0 Å². The lowest BCUT2D eigenvalue weighted by Crippen LogP contribution is -1.80. The SMILES string of the molecule is Cc1ccc(/C=C/c2cc3ccc(Br)cc3[nH]2)cn1. The molecule has 3 rings (SSSR count). The monoisotopic (exact) mass is 312 g/mol. The van der Waals surface area contributed by atoms with Gasteiger partial charge in [-0.05, 0) is 42.8 Å². The molecule has 2 aromatic heterocycles. The van der Waals surface area contributed by atoms with Crippen molar-refractivity contribution in [2.24, 2.45) is 0 Å². The molecule has 0 radical (unpaired) electrons. The fourth-order valence-corrected chi connectivity index (χ4v) is 2.34. The Morgan fingerprint density at radius 2 is 2.00 bits per heavy atom. The number of fused-ring (bicyclic) bond motifs is 1. The molecular formula is C16H13BrN2. The van der Waals surface area contributed by atoms with E-state index in [4.69, 9.17) is 0 Å². The van der Waals surface area contributed by atoms with Gasteiger partial charge in [0.25, 0.3) is 0 Å². The molecule has 0 saturated heterocycles. The van der Waals surface area contributed by atoms with Gasteiger partial charge in [0.15, 0.2) is 0 Å². The summed E-state index contributed by atoms with van der Waals surface area (Å²) in [6.07, 6.45) is 6.01. The number of aromatic amines is 1. The molecule has 0 aliphatic heterocycles. The Bertz CT molecular complexity index is 739. The summed E-state index contributed by atoms with van der Waals surface area (Å²) < 4.78 is 1.08. The number of aromatic nitrogens is 2. The van der Waals surface area contributed by atoms with Crippen molar-refractivity contribution in [2.45, 2.75) is 6.92 Å². The summed E-state index contributed by atoms with van der Waals surface area (Å²) in [5, 5.41) is 1.21. The molecule has 0 saturated carbocycles. The van der Waals surface area contributed by atoms with E-state index in [1.165, 1.54) is 5.39 Å². The predicted octanol–water partition coefficient (Wildman–Crippen LogP) is 4.80. The maximum atomic E-state index is 4.28. The van der Waals surface area contributed by atoms with E-state index in [0.29, 0.717) is 0 Å². The minimum atomic E-state index is 1.03. The van der Waals surface area contributed by atoms with E-state index in [1.807, 2.05) is 25.3 Å². The molecule has 0 amide bonds. The predicted molar refractivity (Wildman–Crippen MR) is 83.9 cm³/mol. The Labute approximate surface area is 120 Å². The summed E-state index contributed by atoms with van der Waals surface area (Å²) in [5.74, 6) is 0. The molecular weight excluding hydrogens is 300 g/mol. The topological polar surface area (TPSA) is 28.7 Å². The summed E-state index contributed by atoms with van der Waals surface area (Å²) in [6, 6.07) is 12.5. The molecule has 2 nitrogen and oxygen atoms in total. The number of hydrogen-bond donors (Lipinski definition) is 1. The van der Waals surface area contributed by atoms with Crippen molar-refractivity contribution in [1.29, 1.82) is 0 Å². The molecule has 0 spiro atoms. The van der Waals surface area contributed by atoms with Crippen LogP contribution < -0.4 is 0 Å². The molecule has 19 heavy (non-hydrogen) atoms. The first kappa shape index (κ1) is 12.2. The van der Waals surface area contributed by atoms with E-state index in [0.717, 1.165) is 26.9 Å². The van der Waals surface area contributed by atoms with Crippen molar-refractivity contribution < 1.29 is 0 Å². The Hall–Kier alpha value is -1.87. The number of hydrogen-bond acceptors (Lipinski definition) is 1. The third-order valence-corrected chi connectivity index (χ3v) is 3.49. The van der Waals surface area contributed by atoms with Crippen molar-refractivity contribution >= 4 is 39.0 Å². The van der Waals surface area contributed by atoms with Crippen LogP contribution in [0, 0.1) is 6.92 Å². The van der Waals surface area contributed by atoms with Gasteiger partial charge in [-0.15, -0.1) is 0 Å². The molecule has 0 bridgehead atoms. The molecule has 0 aliphatic carbocycles. The van der Waals surface area contributed by atoms with E-state index in [1.54, 1.807) is 0 Å². The van der Waals surface area contributed by atoms with Crippen molar-refractivity contribution in [3.8, 4) is 0 Å². The van der Waals surface area contributed by atoms with Gasteiger partial charge in [-0.1, -0.05) is 34.1 Å². The Morgan fingerprint density at radius 1 is 1.11 bits per heavy atom. The summed E-state index contributed by atoms with van der Waals surface area (Å²) in [5.41, 5.74) is 4.36. The number of rotatable bonds is 2. The minimum absolute atomic E-state index is 1.03. The van der Waals surface area contributed by atoms with Crippen LogP contribution in [-0.4, -0.2) is 9.97 Å². The molecule has 3 aromatic rings. The zero-order valence-electron chi connectivity index (χ0n) is 10.5. The second kappa shape index (κ2) is 5.02. The van der Waals surface area contributed by atoms with Crippen LogP contribution in [0.3, 0.4) is 0 Å². The summed E-state index contributed by atoms with van der Waals surface area (Å²) in [4.78, 5) is 7.66. The van der Waals surface area contributed by atoms with Gasteiger partial charge < -0.3 is 4.98 Å². The molecule has 94 valence electrons. The largest absolute Gasteiger partial charge is 0.355 e. The molecule has 1 aromatic carbocycles. The van der Waals surface area contributed by atoms with Crippen molar-refractivity contribution in [2.75, 3.05) is 0 Å². The highest BCUT2D eigenvalue weighted by Gasteiger charge is 1.98. The first-order valence-corrected chi connectivity index (χ1v) is 6.89. The number of halogens is 1. The minimum Gasteiger partial charge on any atom is -0.355 e. The fourth-order valence-electron chi connectivity index (χ4n) is 1.98. The molecule has 2 heterocycles. The number of nitrogens with one attached hydrogen (secondary N) is 1. The van der Waals surface area contributed by atoms with Crippen LogP contribution in [0.5, 0.6) is 0 Å². The zero-order chi connectivity index (χ0) is 13.2. The van der Waals surface area contributed by atoms with Gasteiger partial charge in [0.05, 0.1) is 0 Å². The van der Waals surface area contributed by atoms with Crippen LogP contribution in [0.1, 0.15) is 17.0 Å². The Morgan fingerprint density at radius 3 is 2.79 bits per heavy atom. The lowest BCUT2D eigenvalue weighted by Gasteiger charge is -1.93. The van der Waals surface area contributed by atoms with Crippen molar-refractivity contribution in [3.63, 3.8) is 0 Å². The summed E-state index contributed by atoms with van der Waals surface area (Å²) >= 11 is 3.48. The molecule has 0 atom stereocenters. The molecule has 0 aliphatic rings. The number of benzene rings is 1. The molecule has 0 fully saturated rings. The Kier molecular flexibility index (Phi) is 3.22.